The summed E-state index contributed by atoms with van der Waals surface area (Å²) in [6.45, 7) is 3.64. The van der Waals surface area contributed by atoms with Crippen molar-refractivity contribution in [3.05, 3.63) is 51.9 Å². The number of aromatic nitrogens is 1. The van der Waals surface area contributed by atoms with Gasteiger partial charge in [-0.25, -0.2) is 0 Å². The molecule has 0 atom stereocenters. The molecule has 2 N–H and O–H groups in total. The van der Waals surface area contributed by atoms with Crippen LogP contribution in [-0.2, 0) is 22.4 Å². The second-order valence-corrected chi connectivity index (χ2v) is 5.64. The van der Waals surface area contributed by atoms with E-state index in [9.17, 15) is 9.59 Å². The van der Waals surface area contributed by atoms with E-state index in [0.29, 0.717) is 17.2 Å². The molecule has 0 fully saturated rings. The number of benzene rings is 1. The third-order valence-corrected chi connectivity index (χ3v) is 3.65. The van der Waals surface area contributed by atoms with Crippen molar-refractivity contribution in [3.63, 3.8) is 0 Å². The molecule has 0 unspecified atom stereocenters. The summed E-state index contributed by atoms with van der Waals surface area (Å²) < 4.78 is 5.04. The van der Waals surface area contributed by atoms with Crippen LogP contribution in [0.5, 0.6) is 0 Å². The summed E-state index contributed by atoms with van der Waals surface area (Å²) in [5.41, 5.74) is 7.31. The maximum atomic E-state index is 11.8. The summed E-state index contributed by atoms with van der Waals surface area (Å²) >= 11 is 5.78. The Bertz CT molecular complexity index is 676. The topological polar surface area (TPSA) is 84.2 Å². The van der Waals surface area contributed by atoms with Crippen LogP contribution in [0.15, 0.2) is 28.8 Å². The SMILES string of the molecule is Cc1noc(C)c1CCC(=O)NNC(=O)Cc1ccc(Cl)cc1. The van der Waals surface area contributed by atoms with Gasteiger partial charge in [-0.1, -0.05) is 28.9 Å². The smallest absolute Gasteiger partial charge is 0.242 e. The number of hydrogen-bond donors (Lipinski definition) is 2. The van der Waals surface area contributed by atoms with E-state index in [4.69, 9.17) is 16.1 Å². The summed E-state index contributed by atoms with van der Waals surface area (Å²) in [4.78, 5) is 23.5. The number of amides is 2. The molecule has 0 aliphatic carbocycles. The molecule has 7 heteroatoms. The van der Waals surface area contributed by atoms with Crippen LogP contribution in [0, 0.1) is 13.8 Å². The van der Waals surface area contributed by atoms with Crippen molar-refractivity contribution in [2.75, 3.05) is 0 Å². The Hall–Kier alpha value is -2.34. The molecule has 2 amide bonds. The van der Waals surface area contributed by atoms with E-state index in [-0.39, 0.29) is 24.7 Å². The van der Waals surface area contributed by atoms with E-state index in [2.05, 4.69) is 16.0 Å². The fraction of sp³-hybridized carbons (Fsp3) is 0.312. The lowest BCUT2D eigenvalue weighted by molar-refractivity contribution is -0.128. The second-order valence-electron chi connectivity index (χ2n) is 5.20. The maximum absolute atomic E-state index is 11.8. The molecule has 1 aromatic heterocycles. The Balaban J connectivity index is 1.73. The predicted molar refractivity (Wildman–Crippen MR) is 85.7 cm³/mol. The van der Waals surface area contributed by atoms with Gasteiger partial charge in [0.15, 0.2) is 0 Å². The third kappa shape index (κ3) is 5.10. The average molecular weight is 336 g/mol. The Labute approximate surface area is 139 Å². The van der Waals surface area contributed by atoms with Crippen LogP contribution in [0.25, 0.3) is 0 Å². The molecule has 0 spiro atoms. The molecule has 0 radical (unpaired) electrons. The lowest BCUT2D eigenvalue weighted by Crippen LogP contribution is -2.42. The summed E-state index contributed by atoms with van der Waals surface area (Å²) in [6, 6.07) is 6.96. The van der Waals surface area contributed by atoms with Crippen LogP contribution in [0.1, 0.15) is 29.0 Å². The molecule has 1 heterocycles. The largest absolute Gasteiger partial charge is 0.361 e. The molecule has 0 saturated carbocycles. The first-order valence-corrected chi connectivity index (χ1v) is 7.57. The molecule has 1 aromatic carbocycles. The Kier molecular flexibility index (Phi) is 5.76. The summed E-state index contributed by atoms with van der Waals surface area (Å²) in [7, 11) is 0. The lowest BCUT2D eigenvalue weighted by Gasteiger charge is -2.07. The van der Waals surface area contributed by atoms with Crippen molar-refractivity contribution in [2.45, 2.75) is 33.1 Å². The summed E-state index contributed by atoms with van der Waals surface area (Å²) in [5.74, 6) is 0.148. The molecular formula is C16H18ClN3O3. The van der Waals surface area contributed by atoms with E-state index in [1.807, 2.05) is 6.92 Å². The third-order valence-electron chi connectivity index (χ3n) is 3.40. The van der Waals surface area contributed by atoms with Gasteiger partial charge in [-0.05, 0) is 38.0 Å². The number of aryl methyl sites for hydroxylation is 2. The van der Waals surface area contributed by atoms with Crippen molar-refractivity contribution in [1.29, 1.82) is 0 Å². The zero-order valence-electron chi connectivity index (χ0n) is 13.0. The first-order valence-electron chi connectivity index (χ1n) is 7.19. The Morgan fingerprint density at radius 3 is 2.39 bits per heavy atom. The molecule has 23 heavy (non-hydrogen) atoms. The van der Waals surface area contributed by atoms with Crippen molar-refractivity contribution in [1.82, 2.24) is 16.0 Å². The van der Waals surface area contributed by atoms with Crippen LogP contribution < -0.4 is 10.9 Å². The fourth-order valence-corrected chi connectivity index (χ4v) is 2.26. The highest BCUT2D eigenvalue weighted by atomic mass is 35.5. The van der Waals surface area contributed by atoms with Gasteiger partial charge >= 0.3 is 0 Å². The van der Waals surface area contributed by atoms with Gasteiger partial charge < -0.3 is 4.52 Å². The first kappa shape index (κ1) is 17.0. The number of carbonyl (C=O) groups excluding carboxylic acids is 2. The van der Waals surface area contributed by atoms with Gasteiger partial charge in [0.05, 0.1) is 12.1 Å². The summed E-state index contributed by atoms with van der Waals surface area (Å²) in [5, 5.41) is 4.45. The number of halogens is 1. The minimum atomic E-state index is -0.294. The molecule has 6 nitrogen and oxygen atoms in total. The fourth-order valence-electron chi connectivity index (χ4n) is 2.13. The number of hydrogen-bond acceptors (Lipinski definition) is 4. The van der Waals surface area contributed by atoms with E-state index >= 15 is 0 Å². The quantitative estimate of drug-likeness (QED) is 0.821. The van der Waals surface area contributed by atoms with E-state index in [1.165, 1.54) is 0 Å². The zero-order valence-corrected chi connectivity index (χ0v) is 13.7. The van der Waals surface area contributed by atoms with Gasteiger partial charge in [-0.3, -0.25) is 20.4 Å². The van der Waals surface area contributed by atoms with Crippen molar-refractivity contribution < 1.29 is 14.1 Å². The normalized spacial score (nSPS) is 10.4. The zero-order chi connectivity index (χ0) is 16.8. The first-order chi connectivity index (χ1) is 11.0. The Morgan fingerprint density at radius 2 is 1.78 bits per heavy atom. The minimum absolute atomic E-state index is 0.168. The lowest BCUT2D eigenvalue weighted by atomic mass is 10.1. The average Bonchev–Trinajstić information content (AvgIpc) is 2.84. The van der Waals surface area contributed by atoms with Gasteiger partial charge in [-0.15, -0.1) is 0 Å². The van der Waals surface area contributed by atoms with Gasteiger partial charge in [-0.2, -0.15) is 0 Å². The van der Waals surface area contributed by atoms with Crippen molar-refractivity contribution in [3.8, 4) is 0 Å². The standard InChI is InChI=1S/C16H18ClN3O3/c1-10-14(11(2)23-20-10)7-8-15(21)18-19-16(22)9-12-3-5-13(17)6-4-12/h3-6H,7-9H2,1-2H3,(H,18,21)(H,19,22). The van der Waals surface area contributed by atoms with Crippen LogP contribution >= 0.6 is 11.6 Å². The number of carbonyl (C=O) groups is 2. The predicted octanol–water partition coefficient (Wildman–Crippen LogP) is 2.27. The maximum Gasteiger partial charge on any atom is 0.242 e. The monoisotopic (exact) mass is 335 g/mol. The van der Waals surface area contributed by atoms with Crippen molar-refractivity contribution >= 4 is 23.4 Å². The molecule has 0 bridgehead atoms. The summed E-state index contributed by atoms with van der Waals surface area (Å²) in [6.07, 6.45) is 0.922. The number of hydrazine groups is 1. The van der Waals surface area contributed by atoms with Crippen molar-refractivity contribution in [2.24, 2.45) is 0 Å². The molecule has 0 aliphatic rings. The highest BCUT2D eigenvalue weighted by molar-refractivity contribution is 6.30. The van der Waals surface area contributed by atoms with Gasteiger partial charge in [0.2, 0.25) is 11.8 Å². The second kappa shape index (κ2) is 7.78. The molecule has 2 rings (SSSR count). The number of nitrogens with zero attached hydrogens (tertiary/aromatic N) is 1. The highest BCUT2D eigenvalue weighted by Gasteiger charge is 2.11. The molecule has 0 saturated heterocycles. The van der Waals surface area contributed by atoms with Gasteiger partial charge in [0, 0.05) is 17.0 Å². The molecule has 0 aliphatic heterocycles. The van der Waals surface area contributed by atoms with E-state index in [1.54, 1.807) is 31.2 Å². The molecule has 2 aromatic rings. The molecule has 122 valence electrons. The van der Waals surface area contributed by atoms with Crippen LogP contribution in [-0.4, -0.2) is 17.0 Å². The minimum Gasteiger partial charge on any atom is -0.361 e. The highest BCUT2D eigenvalue weighted by Crippen LogP contribution is 2.14. The van der Waals surface area contributed by atoms with Crippen LogP contribution in [0.4, 0.5) is 0 Å². The van der Waals surface area contributed by atoms with E-state index in [0.717, 1.165) is 16.8 Å². The number of nitrogens with one attached hydrogen (secondary N) is 2. The van der Waals surface area contributed by atoms with Crippen LogP contribution in [0.3, 0.4) is 0 Å². The Morgan fingerprint density at radius 1 is 1.13 bits per heavy atom. The van der Waals surface area contributed by atoms with E-state index < -0.39 is 0 Å². The van der Waals surface area contributed by atoms with Gasteiger partial charge in [0.25, 0.3) is 0 Å². The number of rotatable bonds is 5. The van der Waals surface area contributed by atoms with Crippen LogP contribution in [0.2, 0.25) is 5.02 Å². The van der Waals surface area contributed by atoms with Gasteiger partial charge in [0.1, 0.15) is 5.76 Å². The molecular weight excluding hydrogens is 318 g/mol.